The Bertz CT molecular complexity index is 1100. The Morgan fingerprint density at radius 3 is 2.62 bits per heavy atom. The molecule has 0 saturated carbocycles. The molecule has 2 amide bonds. The quantitative estimate of drug-likeness (QED) is 0.440. The number of ether oxygens (including phenoxy) is 1. The van der Waals surface area contributed by atoms with Crippen molar-refractivity contribution in [2.24, 2.45) is 0 Å². The molecule has 0 aliphatic heterocycles. The first-order valence-electron chi connectivity index (χ1n) is 10.8. The van der Waals surface area contributed by atoms with Gasteiger partial charge in [-0.2, -0.15) is 0 Å². The first-order valence-corrected chi connectivity index (χ1v) is 11.6. The molecule has 0 heterocycles. The van der Waals surface area contributed by atoms with Crippen molar-refractivity contribution in [3.63, 3.8) is 0 Å². The molecule has 1 atom stereocenters. The second kappa shape index (κ2) is 11.1. The first kappa shape index (κ1) is 23.8. The summed E-state index contributed by atoms with van der Waals surface area (Å²) in [6.07, 6.45) is 0.837. The maximum atomic E-state index is 13.2. The molecule has 1 N–H and O–H groups in total. The molecule has 0 fully saturated rings. The van der Waals surface area contributed by atoms with Gasteiger partial charge in [-0.05, 0) is 58.6 Å². The predicted molar refractivity (Wildman–Crippen MR) is 132 cm³/mol. The maximum absolute atomic E-state index is 13.2. The van der Waals surface area contributed by atoms with Crippen molar-refractivity contribution in [3.8, 4) is 5.75 Å². The fourth-order valence-electron chi connectivity index (χ4n) is 3.53. The number of hydrogen-bond donors (Lipinski definition) is 1. The maximum Gasteiger partial charge on any atom is 0.261 e. The Morgan fingerprint density at radius 2 is 1.88 bits per heavy atom. The lowest BCUT2D eigenvalue weighted by Gasteiger charge is -2.29. The fraction of sp³-hybridized carbons (Fsp3) is 0.308. The second-order valence-electron chi connectivity index (χ2n) is 7.87. The molecule has 6 heteroatoms. The van der Waals surface area contributed by atoms with E-state index >= 15 is 0 Å². The Balaban J connectivity index is 1.78. The Morgan fingerprint density at radius 1 is 1.09 bits per heavy atom. The molecule has 3 aromatic carbocycles. The van der Waals surface area contributed by atoms with Crippen molar-refractivity contribution in [1.82, 2.24) is 10.2 Å². The van der Waals surface area contributed by atoms with Gasteiger partial charge in [-0.15, -0.1) is 0 Å². The number of halogens is 1. The summed E-state index contributed by atoms with van der Waals surface area (Å²) < 4.78 is 6.70. The minimum Gasteiger partial charge on any atom is -0.483 e. The number of nitrogens with one attached hydrogen (secondary N) is 1. The van der Waals surface area contributed by atoms with Gasteiger partial charge >= 0.3 is 0 Å². The van der Waals surface area contributed by atoms with E-state index in [1.165, 1.54) is 0 Å². The summed E-state index contributed by atoms with van der Waals surface area (Å²) in [5.41, 5.74) is 2.08. The average molecular weight is 497 g/mol. The second-order valence-corrected chi connectivity index (χ2v) is 8.66. The van der Waals surface area contributed by atoms with Crippen molar-refractivity contribution in [1.29, 1.82) is 0 Å². The molecule has 0 aliphatic carbocycles. The van der Waals surface area contributed by atoms with E-state index in [9.17, 15) is 9.59 Å². The Hall–Kier alpha value is -2.86. The molecule has 1 unspecified atom stereocenters. The highest BCUT2D eigenvalue weighted by atomic mass is 79.9. The van der Waals surface area contributed by atoms with Crippen LogP contribution in [0.4, 0.5) is 0 Å². The summed E-state index contributed by atoms with van der Waals surface area (Å²) in [7, 11) is 0. The van der Waals surface area contributed by atoms with Crippen LogP contribution in [0.15, 0.2) is 65.1 Å². The van der Waals surface area contributed by atoms with Gasteiger partial charge in [0.2, 0.25) is 5.91 Å². The van der Waals surface area contributed by atoms with E-state index in [2.05, 4.69) is 21.2 Å². The number of amides is 2. The molecule has 0 bridgehead atoms. The number of hydrogen-bond acceptors (Lipinski definition) is 3. The number of aryl methyl sites for hydroxylation is 1. The van der Waals surface area contributed by atoms with Gasteiger partial charge in [0.25, 0.3) is 5.91 Å². The van der Waals surface area contributed by atoms with Crippen LogP contribution in [-0.4, -0.2) is 35.9 Å². The molecule has 168 valence electrons. The molecule has 0 radical (unpaired) electrons. The lowest BCUT2D eigenvalue weighted by Crippen LogP contribution is -2.49. The minimum absolute atomic E-state index is 0.159. The third-order valence-electron chi connectivity index (χ3n) is 5.33. The van der Waals surface area contributed by atoms with Crippen LogP contribution in [0.2, 0.25) is 0 Å². The monoisotopic (exact) mass is 496 g/mol. The van der Waals surface area contributed by atoms with Crippen LogP contribution in [0, 0.1) is 6.92 Å². The van der Waals surface area contributed by atoms with Crippen LogP contribution in [0.5, 0.6) is 5.75 Å². The van der Waals surface area contributed by atoms with Crippen molar-refractivity contribution in [2.75, 3.05) is 13.2 Å². The highest BCUT2D eigenvalue weighted by molar-refractivity contribution is 9.10. The number of rotatable bonds is 9. The van der Waals surface area contributed by atoms with Gasteiger partial charge in [-0.1, -0.05) is 67.1 Å². The molecule has 0 spiro atoms. The number of benzene rings is 3. The van der Waals surface area contributed by atoms with Crippen molar-refractivity contribution < 1.29 is 14.3 Å². The summed E-state index contributed by atoms with van der Waals surface area (Å²) in [5.74, 6) is 0.182. The molecular weight excluding hydrogens is 468 g/mol. The van der Waals surface area contributed by atoms with Gasteiger partial charge in [0.15, 0.2) is 6.61 Å². The lowest BCUT2D eigenvalue weighted by atomic mass is 10.1. The molecule has 0 saturated heterocycles. The third kappa shape index (κ3) is 5.88. The number of fused-ring (bicyclic) bond motifs is 1. The van der Waals surface area contributed by atoms with Gasteiger partial charge in [-0.3, -0.25) is 9.59 Å². The van der Waals surface area contributed by atoms with Gasteiger partial charge < -0.3 is 15.0 Å². The molecular formula is C26H29BrN2O3. The zero-order chi connectivity index (χ0) is 23.1. The molecule has 0 aromatic heterocycles. The van der Waals surface area contributed by atoms with Crippen LogP contribution in [0.3, 0.4) is 0 Å². The number of nitrogens with zero attached hydrogens (tertiary/aromatic N) is 1. The topological polar surface area (TPSA) is 58.6 Å². The van der Waals surface area contributed by atoms with E-state index in [1.54, 1.807) is 11.8 Å². The summed E-state index contributed by atoms with van der Waals surface area (Å²) in [6, 6.07) is 19.1. The van der Waals surface area contributed by atoms with Gasteiger partial charge in [0.05, 0.1) is 4.47 Å². The van der Waals surface area contributed by atoms with E-state index in [4.69, 9.17) is 4.74 Å². The van der Waals surface area contributed by atoms with Crippen LogP contribution in [0.1, 0.15) is 31.4 Å². The summed E-state index contributed by atoms with van der Waals surface area (Å²) in [5, 5.41) is 4.99. The SMILES string of the molecule is CCCNC(=O)C(C)N(Cc1cccc(C)c1)C(=O)COc1ccc2ccccc2c1Br. The van der Waals surface area contributed by atoms with Crippen LogP contribution in [-0.2, 0) is 16.1 Å². The molecule has 0 aliphatic rings. The van der Waals surface area contributed by atoms with Crippen LogP contribution >= 0.6 is 15.9 Å². The highest BCUT2D eigenvalue weighted by Gasteiger charge is 2.26. The number of carbonyl (C=O) groups excluding carboxylic acids is 2. The largest absolute Gasteiger partial charge is 0.483 e. The Kier molecular flexibility index (Phi) is 8.28. The zero-order valence-electron chi connectivity index (χ0n) is 18.7. The normalized spacial score (nSPS) is 11.8. The smallest absolute Gasteiger partial charge is 0.261 e. The van der Waals surface area contributed by atoms with E-state index in [-0.39, 0.29) is 18.4 Å². The molecule has 32 heavy (non-hydrogen) atoms. The standard InChI is InChI=1S/C26H29BrN2O3/c1-4-14-28-26(31)19(3)29(16-20-9-7-8-18(2)15-20)24(30)17-32-23-13-12-21-10-5-6-11-22(21)25(23)27/h5-13,15,19H,4,14,16-17H2,1-3H3,(H,28,31). The molecule has 3 rings (SSSR count). The van der Waals surface area contributed by atoms with E-state index in [1.807, 2.05) is 74.5 Å². The average Bonchev–Trinajstić information content (AvgIpc) is 2.80. The minimum atomic E-state index is -0.613. The van der Waals surface area contributed by atoms with Gasteiger partial charge in [0.1, 0.15) is 11.8 Å². The van der Waals surface area contributed by atoms with E-state index < -0.39 is 6.04 Å². The summed E-state index contributed by atoms with van der Waals surface area (Å²) in [4.78, 5) is 27.4. The lowest BCUT2D eigenvalue weighted by molar-refractivity contribution is -0.142. The highest BCUT2D eigenvalue weighted by Crippen LogP contribution is 2.33. The van der Waals surface area contributed by atoms with Gasteiger partial charge in [0, 0.05) is 13.1 Å². The van der Waals surface area contributed by atoms with E-state index in [0.29, 0.717) is 18.8 Å². The van der Waals surface area contributed by atoms with Gasteiger partial charge in [-0.25, -0.2) is 0 Å². The van der Waals surface area contributed by atoms with Crippen LogP contribution in [0.25, 0.3) is 10.8 Å². The van der Waals surface area contributed by atoms with Crippen molar-refractivity contribution >= 4 is 38.5 Å². The third-order valence-corrected chi connectivity index (χ3v) is 6.15. The summed E-state index contributed by atoms with van der Waals surface area (Å²) in [6.45, 7) is 6.52. The van der Waals surface area contributed by atoms with E-state index in [0.717, 1.165) is 32.8 Å². The summed E-state index contributed by atoms with van der Waals surface area (Å²) >= 11 is 3.60. The zero-order valence-corrected chi connectivity index (χ0v) is 20.3. The fourth-order valence-corrected chi connectivity index (χ4v) is 4.14. The Labute approximate surface area is 197 Å². The van der Waals surface area contributed by atoms with Crippen molar-refractivity contribution in [3.05, 3.63) is 76.3 Å². The number of carbonyl (C=O) groups is 2. The first-order chi connectivity index (χ1) is 15.4. The molecule has 3 aromatic rings. The van der Waals surface area contributed by atoms with Crippen LogP contribution < -0.4 is 10.1 Å². The van der Waals surface area contributed by atoms with Crippen molar-refractivity contribution in [2.45, 2.75) is 39.8 Å². The predicted octanol–water partition coefficient (Wildman–Crippen LogP) is 5.23. The molecule has 5 nitrogen and oxygen atoms in total.